The van der Waals surface area contributed by atoms with Gasteiger partial charge in [-0.2, -0.15) is 0 Å². The van der Waals surface area contributed by atoms with Crippen molar-refractivity contribution >= 4 is 40.3 Å². The molecule has 0 aliphatic carbocycles. The van der Waals surface area contributed by atoms with Gasteiger partial charge in [0.05, 0.1) is 34.3 Å². The second-order valence-corrected chi connectivity index (χ2v) is 7.39. The van der Waals surface area contributed by atoms with E-state index in [0.717, 1.165) is 22.6 Å². The molecule has 2 heterocycles. The minimum atomic E-state index is -0.391. The number of imide groups is 1. The molecular weight excluding hydrogens is 362 g/mol. The lowest BCUT2D eigenvalue weighted by molar-refractivity contribution is -0.121. The fraction of sp³-hybridized carbons (Fsp3) is 0.250. The van der Waals surface area contributed by atoms with Gasteiger partial charge in [0, 0.05) is 6.42 Å². The Hall–Kier alpha value is -2.80. The smallest absolute Gasteiger partial charge is 0.247 e. The molecular formula is C20H19N3O3S. The average Bonchev–Trinajstić information content (AvgIpc) is 3.21. The normalized spacial score (nSPS) is 17.1. The molecule has 0 bridgehead atoms. The topological polar surface area (TPSA) is 75.3 Å². The van der Waals surface area contributed by atoms with Gasteiger partial charge in [0.25, 0.3) is 0 Å². The van der Waals surface area contributed by atoms with E-state index in [1.807, 2.05) is 31.2 Å². The van der Waals surface area contributed by atoms with E-state index in [1.165, 1.54) is 16.7 Å². The number of thioether (sulfide) groups is 1. The van der Waals surface area contributed by atoms with Crippen LogP contribution in [0.15, 0.2) is 48.5 Å². The van der Waals surface area contributed by atoms with Gasteiger partial charge in [-0.15, -0.1) is 11.8 Å². The summed E-state index contributed by atoms with van der Waals surface area (Å²) in [6, 6.07) is 14.8. The predicted molar refractivity (Wildman–Crippen MR) is 106 cm³/mol. The molecule has 6 nitrogen and oxygen atoms in total. The van der Waals surface area contributed by atoms with Gasteiger partial charge in [-0.1, -0.05) is 12.1 Å². The Bertz CT molecular complexity index is 951. The molecule has 1 saturated heterocycles. The number of ether oxygens (including phenoxy) is 1. The third kappa shape index (κ3) is 3.55. The highest BCUT2D eigenvalue weighted by Gasteiger charge is 2.39. The molecule has 0 radical (unpaired) electrons. The fourth-order valence-corrected chi connectivity index (χ4v) is 4.12. The zero-order valence-corrected chi connectivity index (χ0v) is 15.7. The van der Waals surface area contributed by atoms with Crippen LogP contribution in [0, 0.1) is 0 Å². The minimum Gasteiger partial charge on any atom is -0.494 e. The Labute approximate surface area is 160 Å². The van der Waals surface area contributed by atoms with Crippen molar-refractivity contribution < 1.29 is 14.3 Å². The first kappa shape index (κ1) is 17.6. The van der Waals surface area contributed by atoms with Crippen LogP contribution in [0.5, 0.6) is 5.75 Å². The number of carbonyl (C=O) groups excluding carboxylic acids is 2. The number of imidazole rings is 1. The number of aromatic amines is 1. The van der Waals surface area contributed by atoms with E-state index in [1.54, 1.807) is 24.3 Å². The van der Waals surface area contributed by atoms with Gasteiger partial charge in [0.15, 0.2) is 0 Å². The maximum absolute atomic E-state index is 12.7. The molecule has 138 valence electrons. The molecule has 4 rings (SSSR count). The molecule has 1 fully saturated rings. The standard InChI is InChI=1S/C20H19N3O3S/c1-2-26-14-9-7-13(8-10-14)23-19(24)11-17(20(23)25)27-12-18-21-15-5-3-4-6-16(15)22-18/h3-10,17H,2,11-12H2,1H3,(H,21,22)/t17-/m0/s1. The van der Waals surface area contributed by atoms with E-state index in [9.17, 15) is 9.59 Å². The molecule has 0 spiro atoms. The van der Waals surface area contributed by atoms with E-state index in [0.29, 0.717) is 18.0 Å². The van der Waals surface area contributed by atoms with Gasteiger partial charge in [-0.25, -0.2) is 9.88 Å². The second kappa shape index (κ2) is 7.44. The third-order valence-corrected chi connectivity index (χ3v) is 5.58. The summed E-state index contributed by atoms with van der Waals surface area (Å²) in [4.78, 5) is 34.2. The van der Waals surface area contributed by atoms with E-state index >= 15 is 0 Å². The SMILES string of the molecule is CCOc1ccc(N2C(=O)C[C@H](SCc3nc4ccccc4[nH]3)C2=O)cc1. The summed E-state index contributed by atoms with van der Waals surface area (Å²) in [7, 11) is 0. The molecule has 7 heteroatoms. The highest BCUT2D eigenvalue weighted by atomic mass is 32.2. The van der Waals surface area contributed by atoms with Crippen LogP contribution in [0.25, 0.3) is 11.0 Å². The van der Waals surface area contributed by atoms with Crippen molar-refractivity contribution in [3.05, 3.63) is 54.4 Å². The van der Waals surface area contributed by atoms with Crippen molar-refractivity contribution in [2.24, 2.45) is 0 Å². The number of amides is 2. The van der Waals surface area contributed by atoms with Crippen LogP contribution < -0.4 is 9.64 Å². The van der Waals surface area contributed by atoms with Crippen molar-refractivity contribution in [2.75, 3.05) is 11.5 Å². The number of fused-ring (bicyclic) bond motifs is 1. The van der Waals surface area contributed by atoms with Gasteiger partial charge in [-0.3, -0.25) is 9.59 Å². The van der Waals surface area contributed by atoms with Gasteiger partial charge >= 0.3 is 0 Å². The molecule has 1 aromatic heterocycles. The lowest BCUT2D eigenvalue weighted by Crippen LogP contribution is -2.31. The summed E-state index contributed by atoms with van der Waals surface area (Å²) >= 11 is 1.44. The Morgan fingerprint density at radius 2 is 1.96 bits per heavy atom. The van der Waals surface area contributed by atoms with Crippen molar-refractivity contribution in [2.45, 2.75) is 24.3 Å². The average molecular weight is 381 g/mol. The minimum absolute atomic E-state index is 0.175. The van der Waals surface area contributed by atoms with Gasteiger partial charge < -0.3 is 9.72 Å². The summed E-state index contributed by atoms with van der Waals surface area (Å²) in [6.07, 6.45) is 0.205. The molecule has 1 atom stereocenters. The van der Waals surface area contributed by atoms with E-state index in [4.69, 9.17) is 4.74 Å². The number of hydrogen-bond acceptors (Lipinski definition) is 5. The molecule has 0 unspecified atom stereocenters. The number of nitrogens with one attached hydrogen (secondary N) is 1. The third-order valence-electron chi connectivity index (χ3n) is 4.37. The highest BCUT2D eigenvalue weighted by molar-refractivity contribution is 7.99. The number of benzene rings is 2. The van der Waals surface area contributed by atoms with E-state index < -0.39 is 5.25 Å². The Morgan fingerprint density at radius 3 is 2.70 bits per heavy atom. The van der Waals surface area contributed by atoms with E-state index in [-0.39, 0.29) is 18.2 Å². The van der Waals surface area contributed by atoms with E-state index in [2.05, 4.69) is 9.97 Å². The van der Waals surface area contributed by atoms with Crippen LogP contribution in [0.3, 0.4) is 0 Å². The first-order valence-corrected chi connectivity index (χ1v) is 9.85. The number of hydrogen-bond donors (Lipinski definition) is 1. The molecule has 0 saturated carbocycles. The van der Waals surface area contributed by atoms with Gasteiger partial charge in [0.2, 0.25) is 11.8 Å². The number of carbonyl (C=O) groups is 2. The molecule has 3 aromatic rings. The lowest BCUT2D eigenvalue weighted by atomic mass is 10.3. The zero-order valence-electron chi connectivity index (χ0n) is 14.8. The maximum Gasteiger partial charge on any atom is 0.247 e. The highest BCUT2D eigenvalue weighted by Crippen LogP contribution is 2.32. The number of para-hydroxylation sites is 2. The summed E-state index contributed by atoms with van der Waals surface area (Å²) in [5, 5.41) is -0.391. The molecule has 1 aliphatic heterocycles. The summed E-state index contributed by atoms with van der Waals surface area (Å²) in [5.41, 5.74) is 2.45. The summed E-state index contributed by atoms with van der Waals surface area (Å²) in [6.45, 7) is 2.48. The van der Waals surface area contributed by atoms with Crippen molar-refractivity contribution in [3.8, 4) is 5.75 Å². The number of anilines is 1. The predicted octanol–water partition coefficient (Wildman–Crippen LogP) is 3.53. The number of aromatic nitrogens is 2. The first-order valence-electron chi connectivity index (χ1n) is 8.80. The van der Waals surface area contributed by atoms with Gasteiger partial charge in [0.1, 0.15) is 11.6 Å². The van der Waals surface area contributed by atoms with Gasteiger partial charge in [-0.05, 0) is 43.3 Å². The van der Waals surface area contributed by atoms with Crippen LogP contribution >= 0.6 is 11.8 Å². The zero-order chi connectivity index (χ0) is 18.8. The van der Waals surface area contributed by atoms with Crippen molar-refractivity contribution in [1.29, 1.82) is 0 Å². The molecule has 27 heavy (non-hydrogen) atoms. The van der Waals surface area contributed by atoms with Crippen LogP contribution in [0.4, 0.5) is 5.69 Å². The summed E-state index contributed by atoms with van der Waals surface area (Å²) in [5.74, 6) is 1.73. The maximum atomic E-state index is 12.7. The largest absolute Gasteiger partial charge is 0.494 e. The first-order chi connectivity index (χ1) is 13.2. The number of nitrogens with zero attached hydrogens (tertiary/aromatic N) is 2. The van der Waals surface area contributed by atoms with Crippen molar-refractivity contribution in [3.63, 3.8) is 0 Å². The van der Waals surface area contributed by atoms with Crippen LogP contribution in [0.2, 0.25) is 0 Å². The Morgan fingerprint density at radius 1 is 1.19 bits per heavy atom. The molecule has 2 aromatic carbocycles. The molecule has 2 amide bonds. The Balaban J connectivity index is 1.44. The second-order valence-electron chi connectivity index (χ2n) is 6.20. The van der Waals surface area contributed by atoms with Crippen LogP contribution in [-0.4, -0.2) is 33.6 Å². The fourth-order valence-electron chi connectivity index (χ4n) is 3.12. The number of rotatable bonds is 6. The Kier molecular flexibility index (Phi) is 4.85. The summed E-state index contributed by atoms with van der Waals surface area (Å²) < 4.78 is 5.41. The number of H-pyrrole nitrogens is 1. The van der Waals surface area contributed by atoms with Crippen molar-refractivity contribution in [1.82, 2.24) is 9.97 Å². The lowest BCUT2D eigenvalue weighted by Gasteiger charge is -2.15. The van der Waals surface area contributed by atoms with Crippen LogP contribution in [0.1, 0.15) is 19.2 Å². The molecule has 1 N–H and O–H groups in total. The van der Waals surface area contributed by atoms with Crippen LogP contribution in [-0.2, 0) is 15.3 Å². The molecule has 1 aliphatic rings. The quantitative estimate of drug-likeness (QED) is 0.661. The monoisotopic (exact) mass is 381 g/mol.